The molecule has 1 aromatic carbocycles. The summed E-state index contributed by atoms with van der Waals surface area (Å²) in [5.41, 5.74) is -4.32. The Morgan fingerprint density at radius 3 is 2.28 bits per heavy atom. The zero-order valence-electron chi connectivity index (χ0n) is 13.3. The van der Waals surface area contributed by atoms with Crippen LogP contribution in [0.1, 0.15) is 19.5 Å². The van der Waals surface area contributed by atoms with Gasteiger partial charge >= 0.3 is 11.9 Å². The van der Waals surface area contributed by atoms with Crippen molar-refractivity contribution in [3.63, 3.8) is 0 Å². The molecule has 0 radical (unpaired) electrons. The van der Waals surface area contributed by atoms with E-state index in [-0.39, 0.29) is 15.9 Å². The van der Waals surface area contributed by atoms with Crippen LogP contribution in [-0.2, 0) is 13.2 Å². The Morgan fingerprint density at radius 1 is 1.16 bits per heavy atom. The van der Waals surface area contributed by atoms with E-state index in [2.05, 4.69) is 15.9 Å². The summed E-state index contributed by atoms with van der Waals surface area (Å²) in [6.45, 7) is 3.78. The predicted octanol–water partition coefficient (Wildman–Crippen LogP) is 3.96. The maximum atomic E-state index is 14.3. The smallest absolute Gasteiger partial charge is 0.292 e. The van der Waals surface area contributed by atoms with Crippen LogP contribution in [0.2, 0.25) is 0 Å². The van der Waals surface area contributed by atoms with Crippen molar-refractivity contribution < 1.29 is 17.6 Å². The molecule has 0 atom stereocenters. The van der Waals surface area contributed by atoms with E-state index < -0.39 is 34.6 Å². The average molecular weight is 441 g/mol. The van der Waals surface area contributed by atoms with E-state index in [1.165, 1.54) is 17.8 Å². The Bertz CT molecular complexity index is 935. The van der Waals surface area contributed by atoms with E-state index in [0.717, 1.165) is 13.1 Å². The van der Waals surface area contributed by atoms with Crippen LogP contribution in [0.25, 0.3) is 5.69 Å². The number of benzene rings is 1. The maximum absolute atomic E-state index is 14.3. The minimum absolute atomic E-state index is 0.127. The standard InChI is InChI=1S/C15H13BrF4N2O2S/c1-7(2)25-11-5-10(9(17)4-8(11)16)22-13(23)6-12(15(18,19)20)21(3)14(22)24/h4-7H,1-3H3. The number of halogens is 5. The number of alkyl halides is 3. The van der Waals surface area contributed by atoms with E-state index in [1.807, 2.05) is 13.8 Å². The number of rotatable bonds is 3. The van der Waals surface area contributed by atoms with Crippen LogP contribution in [0, 0.1) is 5.82 Å². The third-order valence-electron chi connectivity index (χ3n) is 3.22. The van der Waals surface area contributed by atoms with E-state index in [4.69, 9.17) is 0 Å². The van der Waals surface area contributed by atoms with Crippen molar-refractivity contribution in [2.24, 2.45) is 7.05 Å². The number of nitrogens with zero attached hydrogens (tertiary/aromatic N) is 2. The van der Waals surface area contributed by atoms with Crippen LogP contribution in [0.15, 0.2) is 37.2 Å². The summed E-state index contributed by atoms with van der Waals surface area (Å²) >= 11 is 4.54. The molecule has 0 aliphatic heterocycles. The fraction of sp³-hybridized carbons (Fsp3) is 0.333. The fourth-order valence-electron chi connectivity index (χ4n) is 2.15. The number of hydrogen-bond acceptors (Lipinski definition) is 3. The van der Waals surface area contributed by atoms with E-state index in [1.54, 1.807) is 0 Å². The second-order valence-electron chi connectivity index (χ2n) is 5.44. The Balaban J connectivity index is 2.78. The summed E-state index contributed by atoms with van der Waals surface area (Å²) in [4.78, 5) is 24.9. The van der Waals surface area contributed by atoms with Gasteiger partial charge in [0.05, 0.1) is 5.69 Å². The molecule has 0 unspecified atom stereocenters. The van der Waals surface area contributed by atoms with Crippen molar-refractivity contribution in [2.75, 3.05) is 0 Å². The van der Waals surface area contributed by atoms with Crippen molar-refractivity contribution in [3.8, 4) is 5.69 Å². The topological polar surface area (TPSA) is 44.0 Å². The molecule has 1 heterocycles. The lowest BCUT2D eigenvalue weighted by Gasteiger charge is -2.15. The van der Waals surface area contributed by atoms with Crippen LogP contribution in [0.3, 0.4) is 0 Å². The summed E-state index contributed by atoms with van der Waals surface area (Å²) < 4.78 is 54.1. The molecule has 0 N–H and O–H groups in total. The van der Waals surface area contributed by atoms with E-state index >= 15 is 0 Å². The van der Waals surface area contributed by atoms with Crippen LogP contribution in [0.4, 0.5) is 17.6 Å². The molecular formula is C15H13BrF4N2O2S. The highest BCUT2D eigenvalue weighted by atomic mass is 79.9. The lowest BCUT2D eigenvalue weighted by atomic mass is 10.3. The number of thioether (sulfide) groups is 1. The Hall–Kier alpha value is -1.55. The highest BCUT2D eigenvalue weighted by molar-refractivity contribution is 9.10. The normalized spacial score (nSPS) is 12.0. The minimum atomic E-state index is -4.87. The molecule has 0 aliphatic carbocycles. The van der Waals surface area contributed by atoms with Crippen LogP contribution in [0.5, 0.6) is 0 Å². The third kappa shape index (κ3) is 4.00. The van der Waals surface area contributed by atoms with Crippen LogP contribution >= 0.6 is 27.7 Å². The van der Waals surface area contributed by atoms with Crippen LogP contribution in [-0.4, -0.2) is 14.4 Å². The second kappa shape index (κ2) is 6.99. The summed E-state index contributed by atoms with van der Waals surface area (Å²) in [7, 11) is 0.877. The van der Waals surface area contributed by atoms with Gasteiger partial charge in [0.15, 0.2) is 0 Å². The molecule has 0 fully saturated rings. The molecule has 4 nitrogen and oxygen atoms in total. The van der Waals surface area contributed by atoms with Gasteiger partial charge in [-0.05, 0) is 28.1 Å². The molecule has 0 amide bonds. The van der Waals surface area contributed by atoms with Crippen molar-refractivity contribution in [2.45, 2.75) is 30.2 Å². The molecular weight excluding hydrogens is 428 g/mol. The summed E-state index contributed by atoms with van der Waals surface area (Å²) in [6.07, 6.45) is -4.87. The number of hydrogen-bond donors (Lipinski definition) is 0. The molecule has 2 rings (SSSR count). The fourth-order valence-corrected chi connectivity index (χ4v) is 3.61. The van der Waals surface area contributed by atoms with Gasteiger partial charge in [-0.25, -0.2) is 13.8 Å². The van der Waals surface area contributed by atoms with Gasteiger partial charge in [0.2, 0.25) is 0 Å². The largest absolute Gasteiger partial charge is 0.431 e. The minimum Gasteiger partial charge on any atom is -0.292 e. The first-order chi connectivity index (χ1) is 11.4. The Kier molecular flexibility index (Phi) is 5.53. The maximum Gasteiger partial charge on any atom is 0.431 e. The zero-order valence-corrected chi connectivity index (χ0v) is 15.7. The van der Waals surface area contributed by atoms with Gasteiger partial charge in [-0.15, -0.1) is 11.8 Å². The Labute approximate surface area is 152 Å². The first kappa shape index (κ1) is 19.8. The van der Waals surface area contributed by atoms with Gasteiger partial charge in [0, 0.05) is 27.7 Å². The van der Waals surface area contributed by atoms with Gasteiger partial charge in [0.25, 0.3) is 5.56 Å². The lowest BCUT2D eigenvalue weighted by molar-refractivity contribution is -0.144. The van der Waals surface area contributed by atoms with Gasteiger partial charge in [-0.3, -0.25) is 9.36 Å². The molecule has 136 valence electrons. The molecule has 25 heavy (non-hydrogen) atoms. The van der Waals surface area contributed by atoms with E-state index in [9.17, 15) is 27.2 Å². The zero-order chi connectivity index (χ0) is 19.1. The SMILES string of the molecule is CC(C)Sc1cc(-n2c(=O)cc(C(F)(F)F)n(C)c2=O)c(F)cc1Br. The summed E-state index contributed by atoms with van der Waals surface area (Å²) in [5, 5.41) is 0.127. The van der Waals surface area contributed by atoms with Gasteiger partial charge < -0.3 is 0 Å². The highest BCUT2D eigenvalue weighted by Crippen LogP contribution is 2.33. The first-order valence-corrected chi connectivity index (χ1v) is 8.67. The quantitative estimate of drug-likeness (QED) is 0.535. The highest BCUT2D eigenvalue weighted by Gasteiger charge is 2.35. The third-order valence-corrected chi connectivity index (χ3v) is 5.20. The molecule has 10 heteroatoms. The van der Waals surface area contributed by atoms with Crippen molar-refractivity contribution >= 4 is 27.7 Å². The molecule has 1 aromatic heterocycles. The first-order valence-electron chi connectivity index (χ1n) is 6.99. The molecule has 0 saturated heterocycles. The number of aromatic nitrogens is 2. The lowest BCUT2D eigenvalue weighted by Crippen LogP contribution is -2.41. The average Bonchev–Trinajstić information content (AvgIpc) is 2.45. The van der Waals surface area contributed by atoms with Crippen molar-refractivity contribution in [3.05, 3.63) is 55.0 Å². The molecule has 0 bridgehead atoms. The molecule has 0 saturated carbocycles. The Morgan fingerprint density at radius 2 is 1.76 bits per heavy atom. The van der Waals surface area contributed by atoms with Gasteiger partial charge in [-0.2, -0.15) is 13.2 Å². The predicted molar refractivity (Wildman–Crippen MR) is 90.9 cm³/mol. The van der Waals surface area contributed by atoms with Gasteiger partial charge in [0.1, 0.15) is 11.5 Å². The molecule has 2 aromatic rings. The monoisotopic (exact) mass is 440 g/mol. The molecule has 0 spiro atoms. The molecule has 0 aliphatic rings. The summed E-state index contributed by atoms with van der Waals surface area (Å²) in [5.74, 6) is -0.904. The van der Waals surface area contributed by atoms with Crippen molar-refractivity contribution in [1.82, 2.24) is 9.13 Å². The second-order valence-corrected chi connectivity index (χ2v) is 7.92. The van der Waals surface area contributed by atoms with Crippen LogP contribution < -0.4 is 11.2 Å². The van der Waals surface area contributed by atoms with Crippen molar-refractivity contribution in [1.29, 1.82) is 0 Å². The summed E-state index contributed by atoms with van der Waals surface area (Å²) in [6, 6.07) is 2.61. The van der Waals surface area contributed by atoms with E-state index in [0.29, 0.717) is 13.9 Å². The van der Waals surface area contributed by atoms with Gasteiger partial charge in [-0.1, -0.05) is 13.8 Å².